The van der Waals surface area contributed by atoms with Crippen molar-refractivity contribution in [1.82, 2.24) is 9.29 Å². The van der Waals surface area contributed by atoms with Crippen molar-refractivity contribution in [3.63, 3.8) is 0 Å². The summed E-state index contributed by atoms with van der Waals surface area (Å²) in [6, 6.07) is 4.52. The Balaban J connectivity index is 1.90. The van der Waals surface area contributed by atoms with E-state index in [1.165, 1.54) is 36.3 Å². The first-order valence-electron chi connectivity index (χ1n) is 8.72. The number of benzene rings is 1. The molecule has 0 saturated heterocycles. The summed E-state index contributed by atoms with van der Waals surface area (Å²) < 4.78 is 30.0. The molecule has 154 valence electrons. The fourth-order valence-corrected chi connectivity index (χ4v) is 4.18. The topological polar surface area (TPSA) is 83.6 Å². The van der Waals surface area contributed by atoms with Gasteiger partial charge in [-0.1, -0.05) is 23.5 Å². The number of anilines is 1. The lowest BCUT2D eigenvalue weighted by atomic mass is 10.0. The van der Waals surface area contributed by atoms with Gasteiger partial charge in [-0.05, 0) is 45.2 Å². The molecule has 0 saturated carbocycles. The third-order valence-electron chi connectivity index (χ3n) is 4.36. The SMILES string of the molecule is CN1CC(c2cc(NC(=O)c3ncc(Cl)cc3F)ccc2F)N=C(N)C(C)(C)S1. The predicted molar refractivity (Wildman–Crippen MR) is 112 cm³/mol. The van der Waals surface area contributed by atoms with Gasteiger partial charge in [-0.2, -0.15) is 0 Å². The molecule has 1 aromatic carbocycles. The summed E-state index contributed by atoms with van der Waals surface area (Å²) in [4.78, 5) is 20.6. The van der Waals surface area contributed by atoms with Gasteiger partial charge in [-0.3, -0.25) is 14.1 Å². The van der Waals surface area contributed by atoms with Gasteiger partial charge in [0.25, 0.3) is 5.91 Å². The molecule has 2 heterocycles. The smallest absolute Gasteiger partial charge is 0.277 e. The van der Waals surface area contributed by atoms with Crippen LogP contribution in [0.1, 0.15) is 35.9 Å². The Morgan fingerprint density at radius 3 is 2.76 bits per heavy atom. The van der Waals surface area contributed by atoms with E-state index in [4.69, 9.17) is 17.3 Å². The van der Waals surface area contributed by atoms with Crippen LogP contribution in [-0.2, 0) is 0 Å². The molecule has 1 atom stereocenters. The number of pyridine rings is 1. The Labute approximate surface area is 176 Å². The molecule has 0 aliphatic carbocycles. The molecule has 29 heavy (non-hydrogen) atoms. The molecule has 0 fully saturated rings. The Hall–Kier alpha value is -2.23. The highest BCUT2D eigenvalue weighted by atomic mass is 35.5. The van der Waals surface area contributed by atoms with Gasteiger partial charge in [0, 0.05) is 24.0 Å². The Morgan fingerprint density at radius 2 is 2.07 bits per heavy atom. The van der Waals surface area contributed by atoms with Gasteiger partial charge in [-0.15, -0.1) is 0 Å². The molecule has 1 amide bonds. The summed E-state index contributed by atoms with van der Waals surface area (Å²) in [5, 5.41) is 2.61. The van der Waals surface area contributed by atoms with Crippen molar-refractivity contribution in [3.05, 3.63) is 58.4 Å². The van der Waals surface area contributed by atoms with Crippen LogP contribution in [0.5, 0.6) is 0 Å². The van der Waals surface area contributed by atoms with Crippen LogP contribution in [-0.4, -0.2) is 39.4 Å². The molecule has 3 N–H and O–H groups in total. The number of carbonyl (C=O) groups excluding carboxylic acids is 1. The summed E-state index contributed by atoms with van der Waals surface area (Å²) in [5.41, 5.74) is 6.28. The molecule has 0 radical (unpaired) electrons. The number of hydrogen-bond acceptors (Lipinski definition) is 6. The van der Waals surface area contributed by atoms with Crippen LogP contribution in [0, 0.1) is 11.6 Å². The van der Waals surface area contributed by atoms with Gasteiger partial charge in [0.2, 0.25) is 0 Å². The third kappa shape index (κ3) is 4.85. The Bertz CT molecular complexity index is 985. The van der Waals surface area contributed by atoms with Crippen LogP contribution in [0.15, 0.2) is 35.5 Å². The Morgan fingerprint density at radius 1 is 1.34 bits per heavy atom. The third-order valence-corrected chi connectivity index (χ3v) is 5.69. The molecule has 1 unspecified atom stereocenters. The van der Waals surface area contributed by atoms with E-state index in [9.17, 15) is 13.6 Å². The highest BCUT2D eigenvalue weighted by Gasteiger charge is 2.32. The number of rotatable bonds is 3. The van der Waals surface area contributed by atoms with Crippen molar-refractivity contribution < 1.29 is 13.6 Å². The van der Waals surface area contributed by atoms with Crippen molar-refractivity contribution in [1.29, 1.82) is 0 Å². The predicted octanol–water partition coefficient (Wildman–Crippen LogP) is 4.04. The van der Waals surface area contributed by atoms with Crippen molar-refractivity contribution in [2.75, 3.05) is 18.9 Å². The van der Waals surface area contributed by atoms with Gasteiger partial charge < -0.3 is 11.1 Å². The molecule has 1 aromatic heterocycles. The molecule has 2 aromatic rings. The first-order chi connectivity index (χ1) is 13.6. The monoisotopic (exact) mass is 439 g/mol. The van der Waals surface area contributed by atoms with Crippen molar-refractivity contribution in [3.8, 4) is 0 Å². The van der Waals surface area contributed by atoms with Gasteiger partial charge in [0.05, 0.1) is 15.8 Å². The number of likely N-dealkylation sites (N-methyl/N-ethyl adjacent to an activating group) is 1. The van der Waals surface area contributed by atoms with Crippen molar-refractivity contribution in [2.45, 2.75) is 24.6 Å². The summed E-state index contributed by atoms with van der Waals surface area (Å²) in [6.45, 7) is 4.31. The molecule has 1 aliphatic heterocycles. The summed E-state index contributed by atoms with van der Waals surface area (Å²) >= 11 is 7.18. The lowest BCUT2D eigenvalue weighted by Gasteiger charge is -2.25. The van der Waals surface area contributed by atoms with E-state index in [2.05, 4.69) is 15.3 Å². The summed E-state index contributed by atoms with van der Waals surface area (Å²) in [5.74, 6) is -1.69. The van der Waals surface area contributed by atoms with E-state index in [1.807, 2.05) is 25.2 Å². The Kier molecular flexibility index (Phi) is 6.11. The molecule has 1 aliphatic rings. The van der Waals surface area contributed by atoms with E-state index in [1.54, 1.807) is 0 Å². The average molecular weight is 440 g/mol. The van der Waals surface area contributed by atoms with Crippen LogP contribution < -0.4 is 11.1 Å². The zero-order valence-corrected chi connectivity index (χ0v) is 17.6. The van der Waals surface area contributed by atoms with Gasteiger partial charge in [0.1, 0.15) is 11.7 Å². The number of nitrogens with two attached hydrogens (primary N) is 1. The number of amides is 1. The zero-order valence-electron chi connectivity index (χ0n) is 16.0. The van der Waals surface area contributed by atoms with Gasteiger partial charge >= 0.3 is 0 Å². The minimum absolute atomic E-state index is 0.0804. The molecule has 0 spiro atoms. The molecule has 6 nitrogen and oxygen atoms in total. The van der Waals surface area contributed by atoms with E-state index in [0.717, 1.165) is 6.07 Å². The number of amidine groups is 1. The number of aliphatic imine (C=N–C) groups is 1. The first kappa shape index (κ1) is 21.5. The van der Waals surface area contributed by atoms with Crippen molar-refractivity contribution >= 4 is 41.0 Å². The second-order valence-corrected chi connectivity index (χ2v) is 9.38. The molecule has 10 heteroatoms. The summed E-state index contributed by atoms with van der Waals surface area (Å²) in [6.07, 6.45) is 1.17. The number of nitrogens with zero attached hydrogens (tertiary/aromatic N) is 3. The van der Waals surface area contributed by atoms with Crippen molar-refractivity contribution in [2.24, 2.45) is 10.7 Å². The molecule has 3 rings (SSSR count). The lowest BCUT2D eigenvalue weighted by Crippen LogP contribution is -2.36. The summed E-state index contributed by atoms with van der Waals surface area (Å²) in [7, 11) is 1.88. The van der Waals surface area contributed by atoms with Crippen LogP contribution in [0.25, 0.3) is 0 Å². The second kappa shape index (κ2) is 8.25. The molecule has 0 bridgehead atoms. The number of hydrogen-bond donors (Lipinski definition) is 2. The van der Waals surface area contributed by atoms with Gasteiger partial charge in [-0.25, -0.2) is 13.8 Å². The van der Waals surface area contributed by atoms with Crippen LogP contribution in [0.2, 0.25) is 5.02 Å². The number of carbonyl (C=O) groups is 1. The maximum absolute atomic E-state index is 14.6. The van der Waals surface area contributed by atoms with Crippen LogP contribution in [0.3, 0.4) is 0 Å². The fraction of sp³-hybridized carbons (Fsp3) is 0.316. The maximum Gasteiger partial charge on any atom is 0.277 e. The van der Waals surface area contributed by atoms with Crippen LogP contribution in [0.4, 0.5) is 14.5 Å². The normalized spacial score (nSPS) is 19.4. The van der Waals surface area contributed by atoms with Gasteiger partial charge in [0.15, 0.2) is 11.5 Å². The molecular formula is C19H20ClF2N5OS. The van der Waals surface area contributed by atoms with E-state index in [0.29, 0.717) is 12.4 Å². The lowest BCUT2D eigenvalue weighted by molar-refractivity contribution is 0.101. The van der Waals surface area contributed by atoms with E-state index >= 15 is 0 Å². The number of halogens is 3. The quantitative estimate of drug-likeness (QED) is 0.705. The van der Waals surface area contributed by atoms with Crippen LogP contribution >= 0.6 is 23.5 Å². The maximum atomic E-state index is 14.6. The highest BCUT2D eigenvalue weighted by molar-refractivity contribution is 7.99. The number of aromatic nitrogens is 1. The second-order valence-electron chi connectivity index (χ2n) is 7.12. The zero-order chi connectivity index (χ0) is 21.3. The standard InChI is InChI=1S/C19H20ClF2N5OS/c1-19(2)18(23)26-15(9-27(3)29-19)12-7-11(4-5-13(12)21)25-17(28)16-14(22)6-10(20)8-24-16/h4-8,15H,9H2,1-3H3,(H2,23,26)(H,25,28). The fourth-order valence-electron chi connectivity index (χ4n) is 2.90. The minimum atomic E-state index is -0.848. The van der Waals surface area contributed by atoms with E-state index in [-0.39, 0.29) is 16.3 Å². The number of nitrogens with one attached hydrogen (secondary N) is 1. The largest absolute Gasteiger partial charge is 0.386 e. The minimum Gasteiger partial charge on any atom is -0.386 e. The highest BCUT2D eigenvalue weighted by Crippen LogP contribution is 2.35. The average Bonchev–Trinajstić information content (AvgIpc) is 2.71. The van der Waals surface area contributed by atoms with E-state index < -0.39 is 34.0 Å². The first-order valence-corrected chi connectivity index (χ1v) is 9.88. The molecular weight excluding hydrogens is 420 g/mol.